The Morgan fingerprint density at radius 3 is 2.00 bits per heavy atom. The Morgan fingerprint density at radius 2 is 1.25 bits per heavy atom. The predicted octanol–water partition coefficient (Wildman–Crippen LogP) is 7.14. The van der Waals surface area contributed by atoms with Crippen LogP contribution in [0.5, 0.6) is 0 Å². The van der Waals surface area contributed by atoms with Crippen molar-refractivity contribution >= 4 is 0 Å². The molecule has 24 heavy (non-hydrogen) atoms. The van der Waals surface area contributed by atoms with E-state index in [-0.39, 0.29) is 0 Å². The van der Waals surface area contributed by atoms with Gasteiger partial charge in [0.2, 0.25) is 0 Å². The highest BCUT2D eigenvalue weighted by Crippen LogP contribution is 2.52. The maximum atomic E-state index is 2.46. The van der Waals surface area contributed by atoms with E-state index >= 15 is 0 Å². The van der Waals surface area contributed by atoms with Gasteiger partial charge in [-0.2, -0.15) is 0 Å². The molecule has 0 radical (unpaired) electrons. The smallest absolute Gasteiger partial charge is 0.00126 e. The Kier molecular flexibility index (Phi) is 4.74. The molecule has 0 heteroatoms. The van der Waals surface area contributed by atoms with Gasteiger partial charge in [-0.25, -0.2) is 0 Å². The second-order valence-electron chi connectivity index (χ2n) is 7.96. The molecule has 0 aliphatic heterocycles. The summed E-state index contributed by atoms with van der Waals surface area (Å²) in [5, 5.41) is 0. The quantitative estimate of drug-likeness (QED) is 0.564. The first-order valence-corrected chi connectivity index (χ1v) is 10.1. The molecule has 0 spiro atoms. The van der Waals surface area contributed by atoms with Crippen LogP contribution in [0.4, 0.5) is 0 Å². The molecule has 0 amide bonds. The van der Waals surface area contributed by atoms with Gasteiger partial charge in [0.1, 0.15) is 0 Å². The van der Waals surface area contributed by atoms with Crippen molar-refractivity contribution in [3.8, 4) is 11.1 Å². The van der Waals surface area contributed by atoms with Gasteiger partial charge in [-0.1, -0.05) is 93.1 Å². The van der Waals surface area contributed by atoms with Crippen LogP contribution in [0, 0.1) is 5.92 Å². The minimum absolute atomic E-state index is 0.436. The van der Waals surface area contributed by atoms with E-state index in [0.717, 1.165) is 5.92 Å². The molecule has 0 aromatic heterocycles. The van der Waals surface area contributed by atoms with Crippen molar-refractivity contribution < 1.29 is 0 Å². The summed E-state index contributed by atoms with van der Waals surface area (Å²) in [4.78, 5) is 0. The van der Waals surface area contributed by atoms with Gasteiger partial charge in [0, 0.05) is 0 Å². The predicted molar refractivity (Wildman–Crippen MR) is 103 cm³/mol. The highest BCUT2D eigenvalue weighted by molar-refractivity contribution is 5.69. The SMILES string of the molecule is c1ccc(-c2ccccc2C2(C3CCCCC3)CCCCC2)cc1. The fraction of sp³-hybridized carbons (Fsp3) is 0.500. The Bertz CT molecular complexity index is 643. The number of hydrogen-bond donors (Lipinski definition) is 0. The van der Waals surface area contributed by atoms with E-state index < -0.39 is 0 Å². The van der Waals surface area contributed by atoms with E-state index in [4.69, 9.17) is 0 Å². The van der Waals surface area contributed by atoms with Crippen LogP contribution in [0.3, 0.4) is 0 Å². The Morgan fingerprint density at radius 1 is 0.625 bits per heavy atom. The summed E-state index contributed by atoms with van der Waals surface area (Å²) in [6, 6.07) is 20.4. The van der Waals surface area contributed by atoms with Crippen molar-refractivity contribution in [3.63, 3.8) is 0 Å². The van der Waals surface area contributed by atoms with Crippen molar-refractivity contribution in [1.29, 1.82) is 0 Å². The van der Waals surface area contributed by atoms with Crippen molar-refractivity contribution in [2.75, 3.05) is 0 Å². The lowest BCUT2D eigenvalue weighted by molar-refractivity contribution is 0.149. The summed E-state index contributed by atoms with van der Waals surface area (Å²) in [5.74, 6) is 0.899. The van der Waals surface area contributed by atoms with Crippen LogP contribution < -0.4 is 0 Å². The lowest BCUT2D eigenvalue weighted by Gasteiger charge is -2.47. The molecule has 0 N–H and O–H groups in total. The number of benzene rings is 2. The van der Waals surface area contributed by atoms with E-state index in [1.54, 1.807) is 5.56 Å². The van der Waals surface area contributed by atoms with E-state index in [1.807, 2.05) is 0 Å². The molecule has 2 aromatic rings. The summed E-state index contributed by atoms with van der Waals surface area (Å²) in [6.07, 6.45) is 14.3. The average Bonchev–Trinajstić information content (AvgIpc) is 2.70. The third kappa shape index (κ3) is 2.92. The summed E-state index contributed by atoms with van der Waals surface area (Å²) in [5.41, 5.74) is 4.98. The zero-order valence-corrected chi connectivity index (χ0v) is 14.8. The summed E-state index contributed by atoms with van der Waals surface area (Å²) in [7, 11) is 0. The molecule has 4 rings (SSSR count). The van der Waals surface area contributed by atoms with Gasteiger partial charge < -0.3 is 0 Å². The normalized spacial score (nSPS) is 21.5. The summed E-state index contributed by atoms with van der Waals surface area (Å²) >= 11 is 0. The third-order valence-corrected chi connectivity index (χ3v) is 6.68. The Balaban J connectivity index is 1.81. The van der Waals surface area contributed by atoms with Crippen molar-refractivity contribution in [2.24, 2.45) is 5.92 Å². The first-order chi connectivity index (χ1) is 11.9. The molecule has 0 saturated heterocycles. The zero-order valence-electron chi connectivity index (χ0n) is 14.8. The minimum Gasteiger partial charge on any atom is -0.0622 e. The van der Waals surface area contributed by atoms with Gasteiger partial charge in [-0.05, 0) is 53.7 Å². The first-order valence-electron chi connectivity index (χ1n) is 10.1. The van der Waals surface area contributed by atoms with E-state index in [0.29, 0.717) is 5.41 Å². The first kappa shape index (κ1) is 15.9. The molecule has 0 unspecified atom stereocenters. The van der Waals surface area contributed by atoms with E-state index in [1.165, 1.54) is 75.3 Å². The van der Waals surface area contributed by atoms with Crippen LogP contribution in [0.1, 0.15) is 69.8 Å². The number of hydrogen-bond acceptors (Lipinski definition) is 0. The zero-order chi connectivity index (χ0) is 16.2. The van der Waals surface area contributed by atoms with Crippen molar-refractivity contribution in [2.45, 2.75) is 69.6 Å². The van der Waals surface area contributed by atoms with Crippen LogP contribution >= 0.6 is 0 Å². The highest BCUT2D eigenvalue weighted by Gasteiger charge is 2.42. The molecule has 0 bridgehead atoms. The summed E-state index contributed by atoms with van der Waals surface area (Å²) in [6.45, 7) is 0. The molecule has 0 heterocycles. The molecular weight excluding hydrogens is 288 g/mol. The third-order valence-electron chi connectivity index (χ3n) is 6.68. The average molecular weight is 319 g/mol. The van der Waals surface area contributed by atoms with Crippen molar-refractivity contribution in [3.05, 3.63) is 60.2 Å². The molecule has 2 fully saturated rings. The number of rotatable bonds is 3. The van der Waals surface area contributed by atoms with Gasteiger partial charge in [-0.3, -0.25) is 0 Å². The van der Waals surface area contributed by atoms with E-state index in [9.17, 15) is 0 Å². The van der Waals surface area contributed by atoms with Gasteiger partial charge in [0.05, 0.1) is 0 Å². The maximum Gasteiger partial charge on any atom is -0.00126 e. The lowest BCUT2D eigenvalue weighted by Crippen LogP contribution is -2.39. The Labute approximate surface area is 147 Å². The standard InChI is InChI=1S/C24H30/c1-4-12-20(13-5-1)22-16-8-9-17-23(22)24(18-10-3-11-19-24)21-14-6-2-7-15-21/h1,4-5,8-9,12-13,16-17,21H,2-3,6-7,10-11,14-15,18-19H2. The van der Waals surface area contributed by atoms with Crippen molar-refractivity contribution in [1.82, 2.24) is 0 Å². The second-order valence-corrected chi connectivity index (χ2v) is 7.96. The monoisotopic (exact) mass is 318 g/mol. The largest absolute Gasteiger partial charge is 0.0622 e. The molecule has 126 valence electrons. The van der Waals surface area contributed by atoms with Crippen LogP contribution in [-0.2, 0) is 5.41 Å². The molecule has 2 aliphatic carbocycles. The maximum absolute atomic E-state index is 2.46. The highest BCUT2D eigenvalue weighted by atomic mass is 14.5. The van der Waals surface area contributed by atoms with Crippen LogP contribution in [-0.4, -0.2) is 0 Å². The molecule has 0 nitrogen and oxygen atoms in total. The topological polar surface area (TPSA) is 0 Å². The second kappa shape index (κ2) is 7.13. The van der Waals surface area contributed by atoms with Gasteiger partial charge in [-0.15, -0.1) is 0 Å². The molecule has 2 aromatic carbocycles. The summed E-state index contributed by atoms with van der Waals surface area (Å²) < 4.78 is 0. The van der Waals surface area contributed by atoms with Gasteiger partial charge >= 0.3 is 0 Å². The molecule has 0 atom stereocenters. The van der Waals surface area contributed by atoms with Gasteiger partial charge in [0.25, 0.3) is 0 Å². The molecule has 2 saturated carbocycles. The lowest BCUT2D eigenvalue weighted by atomic mass is 9.57. The van der Waals surface area contributed by atoms with Crippen LogP contribution in [0.15, 0.2) is 54.6 Å². The fourth-order valence-corrected chi connectivity index (χ4v) is 5.52. The molecule has 2 aliphatic rings. The minimum atomic E-state index is 0.436. The van der Waals surface area contributed by atoms with Crippen LogP contribution in [0.2, 0.25) is 0 Å². The van der Waals surface area contributed by atoms with Gasteiger partial charge in [0.15, 0.2) is 0 Å². The Hall–Kier alpha value is -1.56. The van der Waals surface area contributed by atoms with Crippen LogP contribution in [0.25, 0.3) is 11.1 Å². The van der Waals surface area contributed by atoms with E-state index in [2.05, 4.69) is 54.6 Å². The fourth-order valence-electron chi connectivity index (χ4n) is 5.52. The molecular formula is C24H30.